The molecule has 3 rings (SSSR count). The Hall–Kier alpha value is -2.34. The van der Waals surface area contributed by atoms with E-state index in [-0.39, 0.29) is 0 Å². The molecule has 1 heterocycles. The summed E-state index contributed by atoms with van der Waals surface area (Å²) in [5.74, 6) is -1.67. The van der Waals surface area contributed by atoms with Crippen LogP contribution in [0.2, 0.25) is 0 Å². The quantitative estimate of drug-likeness (QED) is 0.804. The van der Waals surface area contributed by atoms with Gasteiger partial charge in [-0.1, -0.05) is 25.0 Å². The van der Waals surface area contributed by atoms with Crippen molar-refractivity contribution in [3.05, 3.63) is 42.0 Å². The minimum absolute atomic E-state index is 0.558. The van der Waals surface area contributed by atoms with Crippen LogP contribution >= 0.6 is 0 Å². The molecule has 6 heteroatoms. The molecule has 1 aliphatic carbocycles. The Balaban J connectivity index is 0.000000260. The topological polar surface area (TPSA) is 81.1 Å². The number of carbonyl (C=O) groups is 2. The smallest absolute Gasteiger partial charge is 0.328 e. The molecule has 1 aliphatic heterocycles. The highest BCUT2D eigenvalue weighted by Crippen LogP contribution is 2.34. The zero-order valence-corrected chi connectivity index (χ0v) is 15.3. The highest BCUT2D eigenvalue weighted by molar-refractivity contribution is 5.89. The first-order valence-corrected chi connectivity index (χ1v) is 9.13. The summed E-state index contributed by atoms with van der Waals surface area (Å²) in [5.41, 5.74) is 2.97. The van der Waals surface area contributed by atoms with Gasteiger partial charge in [-0.15, -0.1) is 0 Å². The molecule has 1 aromatic carbocycles. The molecule has 0 radical (unpaired) electrons. The van der Waals surface area contributed by atoms with Crippen molar-refractivity contribution in [1.82, 2.24) is 4.90 Å². The zero-order valence-electron chi connectivity index (χ0n) is 15.3. The monoisotopic (exact) mass is 360 g/mol. The lowest BCUT2D eigenvalue weighted by Gasteiger charge is -2.34. The molecule has 1 saturated heterocycles. The van der Waals surface area contributed by atoms with E-state index in [9.17, 15) is 9.59 Å². The second-order valence-corrected chi connectivity index (χ2v) is 6.87. The average Bonchev–Trinajstić information content (AvgIpc) is 3.16. The van der Waals surface area contributed by atoms with Crippen molar-refractivity contribution in [3.8, 4) is 0 Å². The van der Waals surface area contributed by atoms with Gasteiger partial charge < -0.3 is 20.0 Å². The molecule has 0 spiro atoms. The number of aliphatic carboxylic acids is 2. The first kappa shape index (κ1) is 20.0. The van der Waals surface area contributed by atoms with E-state index in [0.717, 1.165) is 5.92 Å². The van der Waals surface area contributed by atoms with Crippen molar-refractivity contribution >= 4 is 17.6 Å². The van der Waals surface area contributed by atoms with E-state index in [1.807, 2.05) is 0 Å². The van der Waals surface area contributed by atoms with Crippen LogP contribution in [0.4, 0.5) is 5.69 Å². The van der Waals surface area contributed by atoms with Gasteiger partial charge in [-0.2, -0.15) is 0 Å². The van der Waals surface area contributed by atoms with Crippen molar-refractivity contribution < 1.29 is 19.8 Å². The number of carboxylic acid groups (broad SMARTS) is 2. The summed E-state index contributed by atoms with van der Waals surface area (Å²) in [6, 6.07) is 9.39. The number of anilines is 1. The lowest BCUT2D eigenvalue weighted by Crippen LogP contribution is -2.44. The number of hydrogen-bond acceptors (Lipinski definition) is 4. The lowest BCUT2D eigenvalue weighted by molar-refractivity contribution is -0.134. The molecular weight excluding hydrogens is 332 g/mol. The molecular formula is C20H28N2O4. The van der Waals surface area contributed by atoms with Crippen molar-refractivity contribution in [2.75, 3.05) is 38.1 Å². The Kier molecular flexibility index (Phi) is 7.66. The predicted octanol–water partition coefficient (Wildman–Crippen LogP) is 2.81. The number of hydrogen-bond donors (Lipinski definition) is 2. The fourth-order valence-electron chi connectivity index (χ4n) is 3.42. The third-order valence-corrected chi connectivity index (χ3v) is 4.96. The standard InChI is InChI=1S/C16H24N2.C4H4O4/c1-17-10-12-18(13-11-17)16-8-6-15(7-9-16)14-4-2-3-5-14;5-3(6)1-2-4(7)8/h6-9,14H,2-5,10-13H2,1H3;1-2H,(H,5,6)(H,7,8)/b;2-1+. The number of likely N-dealkylation sites (N-methyl/N-ethyl adjacent to an activating group) is 1. The largest absolute Gasteiger partial charge is 0.478 e. The maximum absolute atomic E-state index is 9.55. The van der Waals surface area contributed by atoms with Crippen LogP contribution in [0.15, 0.2) is 36.4 Å². The molecule has 1 saturated carbocycles. The van der Waals surface area contributed by atoms with Gasteiger partial charge in [0.25, 0.3) is 0 Å². The van der Waals surface area contributed by atoms with Crippen LogP contribution in [0.25, 0.3) is 0 Å². The highest BCUT2D eigenvalue weighted by atomic mass is 16.4. The molecule has 0 atom stereocenters. The molecule has 26 heavy (non-hydrogen) atoms. The third-order valence-electron chi connectivity index (χ3n) is 4.96. The summed E-state index contributed by atoms with van der Waals surface area (Å²) in [7, 11) is 2.21. The van der Waals surface area contributed by atoms with Crippen molar-refractivity contribution in [2.24, 2.45) is 0 Å². The second-order valence-electron chi connectivity index (χ2n) is 6.87. The van der Waals surface area contributed by atoms with Gasteiger partial charge in [-0.3, -0.25) is 0 Å². The van der Waals surface area contributed by atoms with E-state index in [0.29, 0.717) is 12.2 Å². The molecule has 2 N–H and O–H groups in total. The number of rotatable bonds is 4. The van der Waals surface area contributed by atoms with Gasteiger partial charge in [0.15, 0.2) is 0 Å². The predicted molar refractivity (Wildman–Crippen MR) is 102 cm³/mol. The number of piperazine rings is 1. The molecule has 6 nitrogen and oxygen atoms in total. The summed E-state index contributed by atoms with van der Waals surface area (Å²) in [4.78, 5) is 24.0. The van der Waals surface area contributed by atoms with Crippen molar-refractivity contribution in [1.29, 1.82) is 0 Å². The fraction of sp³-hybridized carbons (Fsp3) is 0.500. The fourth-order valence-corrected chi connectivity index (χ4v) is 3.42. The van der Waals surface area contributed by atoms with Gasteiger partial charge in [0.1, 0.15) is 0 Å². The van der Waals surface area contributed by atoms with Gasteiger partial charge in [0.05, 0.1) is 0 Å². The summed E-state index contributed by atoms with van der Waals surface area (Å²) in [6.45, 7) is 4.70. The van der Waals surface area contributed by atoms with Crippen LogP contribution in [-0.4, -0.2) is 60.3 Å². The molecule has 0 unspecified atom stereocenters. The van der Waals surface area contributed by atoms with E-state index < -0.39 is 11.9 Å². The van der Waals surface area contributed by atoms with Gasteiger partial charge in [-0.05, 0) is 43.5 Å². The van der Waals surface area contributed by atoms with E-state index >= 15 is 0 Å². The minimum atomic E-state index is -1.26. The van der Waals surface area contributed by atoms with Crippen LogP contribution in [0.5, 0.6) is 0 Å². The minimum Gasteiger partial charge on any atom is -0.478 e. The Bertz CT molecular complexity index is 597. The maximum atomic E-state index is 9.55. The molecule has 2 aliphatic rings. The normalized spacial score (nSPS) is 18.6. The number of nitrogens with zero attached hydrogens (tertiary/aromatic N) is 2. The van der Waals surface area contributed by atoms with Gasteiger partial charge >= 0.3 is 11.9 Å². The number of benzene rings is 1. The summed E-state index contributed by atoms with van der Waals surface area (Å²) in [5, 5.41) is 15.6. The molecule has 2 fully saturated rings. The Labute approximate surface area is 154 Å². The Morgan fingerprint density at radius 2 is 1.42 bits per heavy atom. The van der Waals surface area contributed by atoms with Crippen molar-refractivity contribution in [3.63, 3.8) is 0 Å². The first-order valence-electron chi connectivity index (χ1n) is 9.13. The van der Waals surface area contributed by atoms with E-state index in [4.69, 9.17) is 10.2 Å². The van der Waals surface area contributed by atoms with Crippen LogP contribution < -0.4 is 4.90 Å². The van der Waals surface area contributed by atoms with Gasteiger partial charge in [0, 0.05) is 44.0 Å². The SMILES string of the molecule is CN1CCN(c2ccc(C3CCCC3)cc2)CC1.O=C(O)/C=C/C(=O)O. The van der Waals surface area contributed by atoms with E-state index in [1.54, 1.807) is 5.56 Å². The first-order chi connectivity index (χ1) is 12.5. The van der Waals surface area contributed by atoms with Gasteiger partial charge in [0.2, 0.25) is 0 Å². The molecule has 0 aromatic heterocycles. The van der Waals surface area contributed by atoms with Crippen molar-refractivity contribution in [2.45, 2.75) is 31.6 Å². The lowest BCUT2D eigenvalue weighted by atomic mass is 9.97. The van der Waals surface area contributed by atoms with E-state index in [1.165, 1.54) is 57.5 Å². The Morgan fingerprint density at radius 3 is 1.88 bits per heavy atom. The summed E-state index contributed by atoms with van der Waals surface area (Å²) < 4.78 is 0. The average molecular weight is 360 g/mol. The van der Waals surface area contributed by atoms with Crippen LogP contribution in [0.1, 0.15) is 37.2 Å². The van der Waals surface area contributed by atoms with Crippen LogP contribution in [-0.2, 0) is 9.59 Å². The zero-order chi connectivity index (χ0) is 18.9. The maximum Gasteiger partial charge on any atom is 0.328 e. The molecule has 0 amide bonds. The summed E-state index contributed by atoms with van der Waals surface area (Å²) in [6.07, 6.45) is 6.75. The summed E-state index contributed by atoms with van der Waals surface area (Å²) >= 11 is 0. The Morgan fingerprint density at radius 1 is 0.923 bits per heavy atom. The van der Waals surface area contributed by atoms with Crippen LogP contribution in [0, 0.1) is 0 Å². The molecule has 0 bridgehead atoms. The third kappa shape index (κ3) is 6.52. The van der Waals surface area contributed by atoms with Gasteiger partial charge in [-0.25, -0.2) is 9.59 Å². The molecule has 142 valence electrons. The highest BCUT2D eigenvalue weighted by Gasteiger charge is 2.18. The van der Waals surface area contributed by atoms with E-state index in [2.05, 4.69) is 41.1 Å². The second kappa shape index (κ2) is 9.97. The molecule has 1 aromatic rings. The number of carboxylic acids is 2. The van der Waals surface area contributed by atoms with Crippen LogP contribution in [0.3, 0.4) is 0 Å².